The summed E-state index contributed by atoms with van der Waals surface area (Å²) in [6, 6.07) is 8.38. The van der Waals surface area contributed by atoms with Gasteiger partial charge >= 0.3 is 0 Å². The van der Waals surface area contributed by atoms with E-state index in [-0.39, 0.29) is 24.0 Å². The van der Waals surface area contributed by atoms with Crippen LogP contribution in [0.5, 0.6) is 0 Å². The Morgan fingerprint density at radius 2 is 1.90 bits per heavy atom. The predicted octanol–water partition coefficient (Wildman–Crippen LogP) is 4.17. The zero-order valence-corrected chi connectivity index (χ0v) is 21.4. The molecule has 30 heavy (non-hydrogen) atoms. The number of aliphatic imine (C=N–C) groups is 1. The molecule has 1 aromatic heterocycles. The maximum absolute atomic E-state index is 5.66. The van der Waals surface area contributed by atoms with Crippen molar-refractivity contribution in [3.63, 3.8) is 0 Å². The van der Waals surface area contributed by atoms with Crippen LogP contribution in [-0.4, -0.2) is 43.9 Å². The summed E-state index contributed by atoms with van der Waals surface area (Å²) in [5.41, 5.74) is 2.32. The first kappa shape index (κ1) is 26.8. The van der Waals surface area contributed by atoms with E-state index in [0.29, 0.717) is 26.4 Å². The Balaban J connectivity index is 0.00000450. The third kappa shape index (κ3) is 10.7. The number of thiazole rings is 1. The molecule has 0 fully saturated rings. The second-order valence-corrected chi connectivity index (χ2v) is 7.72. The van der Waals surface area contributed by atoms with Crippen LogP contribution in [0.4, 0.5) is 0 Å². The number of nitrogens with zero attached hydrogens (tertiary/aromatic N) is 2. The standard InChI is InChI=1S/C22H34N4O2S.HI/c1-4-20-16-25-21(29-20)10-11-24-22(23-5-2)26-15-18-8-7-9-19(14-18)17-28-13-12-27-6-3;/h7-9,14,16H,4-6,10-13,15,17H2,1-3H3,(H2,23,24,26);1H. The van der Waals surface area contributed by atoms with Crippen LogP contribution >= 0.6 is 35.3 Å². The van der Waals surface area contributed by atoms with E-state index in [1.165, 1.54) is 15.4 Å². The molecule has 1 heterocycles. The topological polar surface area (TPSA) is 67.8 Å². The van der Waals surface area contributed by atoms with E-state index >= 15 is 0 Å². The molecule has 0 radical (unpaired) electrons. The molecule has 0 aliphatic heterocycles. The van der Waals surface area contributed by atoms with Crippen molar-refractivity contribution in [2.75, 3.05) is 32.9 Å². The van der Waals surface area contributed by atoms with Gasteiger partial charge in [0.1, 0.15) is 0 Å². The van der Waals surface area contributed by atoms with E-state index in [2.05, 4.69) is 53.7 Å². The zero-order chi connectivity index (χ0) is 20.7. The van der Waals surface area contributed by atoms with Gasteiger partial charge in [-0.3, -0.25) is 0 Å². The molecule has 2 N–H and O–H groups in total. The van der Waals surface area contributed by atoms with Gasteiger partial charge in [-0.05, 0) is 31.4 Å². The van der Waals surface area contributed by atoms with Crippen LogP contribution in [0.25, 0.3) is 0 Å². The third-order valence-corrected chi connectivity index (χ3v) is 5.38. The number of aromatic nitrogens is 1. The highest BCUT2D eigenvalue weighted by atomic mass is 127. The minimum atomic E-state index is 0. The number of hydrogen-bond acceptors (Lipinski definition) is 5. The van der Waals surface area contributed by atoms with Crippen molar-refractivity contribution in [3.8, 4) is 0 Å². The second-order valence-electron chi connectivity index (χ2n) is 6.52. The zero-order valence-electron chi connectivity index (χ0n) is 18.3. The summed E-state index contributed by atoms with van der Waals surface area (Å²) in [6.45, 7) is 11.1. The van der Waals surface area contributed by atoms with Gasteiger partial charge in [0.25, 0.3) is 0 Å². The van der Waals surface area contributed by atoms with Crippen LogP contribution in [-0.2, 0) is 35.5 Å². The summed E-state index contributed by atoms with van der Waals surface area (Å²) in [7, 11) is 0. The highest BCUT2D eigenvalue weighted by Crippen LogP contribution is 2.13. The van der Waals surface area contributed by atoms with E-state index < -0.39 is 0 Å². The van der Waals surface area contributed by atoms with Gasteiger partial charge in [0, 0.05) is 37.2 Å². The van der Waals surface area contributed by atoms with E-state index in [0.717, 1.165) is 44.1 Å². The summed E-state index contributed by atoms with van der Waals surface area (Å²) in [4.78, 5) is 10.5. The SMILES string of the molecule is CCNC(=NCc1cccc(COCCOCC)c1)NCCc1ncc(CC)s1.I. The van der Waals surface area contributed by atoms with Crippen LogP contribution in [0.1, 0.15) is 41.8 Å². The van der Waals surface area contributed by atoms with Crippen LogP contribution in [0.3, 0.4) is 0 Å². The largest absolute Gasteiger partial charge is 0.379 e. The first-order valence-corrected chi connectivity index (χ1v) is 11.3. The molecule has 0 spiro atoms. The van der Waals surface area contributed by atoms with Crippen LogP contribution in [0.15, 0.2) is 35.5 Å². The van der Waals surface area contributed by atoms with Crippen molar-refractivity contribution in [1.82, 2.24) is 15.6 Å². The Morgan fingerprint density at radius 1 is 1.10 bits per heavy atom. The number of halogens is 1. The van der Waals surface area contributed by atoms with E-state index in [1.807, 2.05) is 13.1 Å². The Morgan fingerprint density at radius 3 is 2.63 bits per heavy atom. The number of nitrogens with one attached hydrogen (secondary N) is 2. The van der Waals surface area contributed by atoms with E-state index in [4.69, 9.17) is 14.5 Å². The van der Waals surface area contributed by atoms with Crippen molar-refractivity contribution in [3.05, 3.63) is 51.5 Å². The van der Waals surface area contributed by atoms with Crippen molar-refractivity contribution in [2.24, 2.45) is 4.99 Å². The van der Waals surface area contributed by atoms with Gasteiger partial charge in [0.2, 0.25) is 0 Å². The number of guanidine groups is 1. The monoisotopic (exact) mass is 546 g/mol. The summed E-state index contributed by atoms with van der Waals surface area (Å²) in [6.07, 6.45) is 3.93. The minimum Gasteiger partial charge on any atom is -0.379 e. The summed E-state index contributed by atoms with van der Waals surface area (Å²) < 4.78 is 10.9. The lowest BCUT2D eigenvalue weighted by Crippen LogP contribution is -2.38. The summed E-state index contributed by atoms with van der Waals surface area (Å²) in [5, 5.41) is 7.88. The molecule has 0 aliphatic rings. The number of rotatable bonds is 13. The Labute approximate surface area is 201 Å². The first-order valence-electron chi connectivity index (χ1n) is 10.4. The lowest BCUT2D eigenvalue weighted by Gasteiger charge is -2.11. The molecule has 0 bridgehead atoms. The van der Waals surface area contributed by atoms with Gasteiger partial charge in [-0.15, -0.1) is 35.3 Å². The molecule has 0 amide bonds. The molecular weight excluding hydrogens is 511 g/mol. The van der Waals surface area contributed by atoms with Crippen LogP contribution < -0.4 is 10.6 Å². The highest BCUT2D eigenvalue weighted by Gasteiger charge is 2.03. The molecule has 2 aromatic rings. The maximum Gasteiger partial charge on any atom is 0.191 e. The molecule has 1 aromatic carbocycles. The Bertz CT molecular complexity index is 739. The average molecular weight is 547 g/mol. The number of benzene rings is 1. The fourth-order valence-electron chi connectivity index (χ4n) is 2.70. The third-order valence-electron chi connectivity index (χ3n) is 4.18. The van der Waals surface area contributed by atoms with Crippen molar-refractivity contribution in [2.45, 2.75) is 46.8 Å². The quantitative estimate of drug-likeness (QED) is 0.171. The van der Waals surface area contributed by atoms with Crippen LogP contribution in [0.2, 0.25) is 0 Å². The summed E-state index contributed by atoms with van der Waals surface area (Å²) >= 11 is 1.79. The predicted molar refractivity (Wildman–Crippen MR) is 136 cm³/mol. The van der Waals surface area contributed by atoms with Gasteiger partial charge in [-0.1, -0.05) is 31.2 Å². The van der Waals surface area contributed by atoms with E-state index in [9.17, 15) is 0 Å². The lowest BCUT2D eigenvalue weighted by molar-refractivity contribution is 0.0453. The molecule has 0 saturated heterocycles. The molecule has 0 aliphatic carbocycles. The first-order chi connectivity index (χ1) is 14.2. The fourth-order valence-corrected chi connectivity index (χ4v) is 3.56. The molecular formula is C22H35IN4O2S. The van der Waals surface area contributed by atoms with Crippen LogP contribution in [0, 0.1) is 0 Å². The molecule has 2 rings (SSSR count). The number of ether oxygens (including phenoxy) is 2. The molecule has 168 valence electrons. The number of hydrogen-bond donors (Lipinski definition) is 2. The molecule has 8 heteroatoms. The number of aryl methyl sites for hydroxylation is 1. The minimum absolute atomic E-state index is 0. The highest BCUT2D eigenvalue weighted by molar-refractivity contribution is 14.0. The van der Waals surface area contributed by atoms with E-state index in [1.54, 1.807) is 11.3 Å². The summed E-state index contributed by atoms with van der Waals surface area (Å²) in [5.74, 6) is 0.832. The smallest absolute Gasteiger partial charge is 0.191 e. The van der Waals surface area contributed by atoms with Crippen molar-refractivity contribution in [1.29, 1.82) is 0 Å². The lowest BCUT2D eigenvalue weighted by atomic mass is 10.1. The Hall–Kier alpha value is -1.23. The van der Waals surface area contributed by atoms with Gasteiger partial charge < -0.3 is 20.1 Å². The fraction of sp³-hybridized carbons (Fsp3) is 0.545. The average Bonchev–Trinajstić information content (AvgIpc) is 3.20. The van der Waals surface area contributed by atoms with Gasteiger partial charge in [0.05, 0.1) is 31.4 Å². The Kier molecular flexibility index (Phi) is 14.7. The molecule has 0 unspecified atom stereocenters. The van der Waals surface area contributed by atoms with Crippen molar-refractivity contribution >= 4 is 41.3 Å². The molecule has 0 saturated carbocycles. The second kappa shape index (κ2) is 16.5. The maximum atomic E-state index is 5.66. The van der Waals surface area contributed by atoms with Gasteiger partial charge in [-0.2, -0.15) is 0 Å². The van der Waals surface area contributed by atoms with Gasteiger partial charge in [0.15, 0.2) is 5.96 Å². The van der Waals surface area contributed by atoms with Crippen molar-refractivity contribution < 1.29 is 9.47 Å². The normalized spacial score (nSPS) is 11.2. The molecule has 6 nitrogen and oxygen atoms in total. The molecule has 0 atom stereocenters. The van der Waals surface area contributed by atoms with Gasteiger partial charge in [-0.25, -0.2) is 9.98 Å².